The van der Waals surface area contributed by atoms with Gasteiger partial charge in [0, 0.05) is 49.9 Å². The number of hydrazine groups is 1. The molecule has 2 aliphatic heterocycles. The molecule has 3 atom stereocenters. The van der Waals surface area contributed by atoms with Gasteiger partial charge in [0.15, 0.2) is 5.12 Å². The van der Waals surface area contributed by atoms with Crippen molar-refractivity contribution in [3.05, 3.63) is 70.8 Å². The smallest absolute Gasteiger partial charge is 0.325 e. The molecular weight excluding hydrogens is 568 g/mol. The summed E-state index contributed by atoms with van der Waals surface area (Å²) >= 11 is 1.09. The van der Waals surface area contributed by atoms with Gasteiger partial charge in [-0.15, -0.1) is 0 Å². The van der Waals surface area contributed by atoms with Gasteiger partial charge in [0.1, 0.15) is 12.1 Å². The third kappa shape index (κ3) is 8.32. The number of likely N-dealkylation sites (tertiary alicyclic amines) is 1. The minimum Gasteiger partial charge on any atom is -0.468 e. The van der Waals surface area contributed by atoms with Crippen molar-refractivity contribution in [3.8, 4) is 0 Å². The molecule has 11 heteroatoms. The van der Waals surface area contributed by atoms with Crippen molar-refractivity contribution in [2.24, 2.45) is 5.92 Å². The Morgan fingerprint density at radius 2 is 1.81 bits per heavy atom. The number of esters is 1. The maximum Gasteiger partial charge on any atom is 0.325 e. The summed E-state index contributed by atoms with van der Waals surface area (Å²) in [5.41, 5.74) is 7.28. The van der Waals surface area contributed by atoms with Crippen LogP contribution in [0.25, 0.3) is 6.08 Å². The van der Waals surface area contributed by atoms with Gasteiger partial charge in [0.05, 0.1) is 7.11 Å². The number of carbonyl (C=O) groups excluding carboxylic acids is 5. The highest BCUT2D eigenvalue weighted by molar-refractivity contribution is 8.13. The van der Waals surface area contributed by atoms with Crippen molar-refractivity contribution in [1.82, 2.24) is 15.3 Å². The summed E-state index contributed by atoms with van der Waals surface area (Å²) in [6.07, 6.45) is 4.70. The van der Waals surface area contributed by atoms with Gasteiger partial charge >= 0.3 is 5.97 Å². The predicted molar refractivity (Wildman–Crippen MR) is 166 cm³/mol. The number of benzene rings is 2. The van der Waals surface area contributed by atoms with E-state index in [2.05, 4.69) is 10.7 Å². The average molecular weight is 607 g/mol. The van der Waals surface area contributed by atoms with Crippen molar-refractivity contribution < 1.29 is 28.7 Å². The van der Waals surface area contributed by atoms with Crippen LogP contribution in [-0.4, -0.2) is 70.2 Å². The summed E-state index contributed by atoms with van der Waals surface area (Å²) in [7, 11) is 1.30. The van der Waals surface area contributed by atoms with Crippen LogP contribution in [0.1, 0.15) is 48.9 Å². The molecule has 3 amide bonds. The first kappa shape index (κ1) is 32.0. The average Bonchev–Trinajstić information content (AvgIpc) is 3.48. The Morgan fingerprint density at radius 3 is 2.51 bits per heavy atom. The zero-order chi connectivity index (χ0) is 31.1. The monoisotopic (exact) mass is 606 g/mol. The molecule has 4 rings (SSSR count). The minimum absolute atomic E-state index is 0.0592. The fraction of sp³-hybridized carbons (Fsp3) is 0.406. The fourth-order valence-electron chi connectivity index (χ4n) is 5.28. The molecule has 2 aromatic rings. The Balaban J connectivity index is 1.45. The SMILES string of the molecule is COC(=O)C1Cc2ccc(NC(=O)C=Cc3ccc(C)cc3)cc2CN1NC(=O)[C@@H]1CCCN1C(=O)[C@H](C)CSC(C)=O. The molecule has 10 nitrogen and oxygen atoms in total. The summed E-state index contributed by atoms with van der Waals surface area (Å²) in [6.45, 7) is 5.88. The lowest BCUT2D eigenvalue weighted by Crippen LogP contribution is -2.58. The Bertz CT molecular complexity index is 1410. The molecule has 1 saturated heterocycles. The lowest BCUT2D eigenvalue weighted by Gasteiger charge is -2.36. The summed E-state index contributed by atoms with van der Waals surface area (Å²) in [5.74, 6) is -1.37. The zero-order valence-electron chi connectivity index (χ0n) is 24.9. The number of methoxy groups -OCH3 is 1. The molecule has 2 heterocycles. The Kier molecular flexibility index (Phi) is 10.8. The number of hydrogen-bond acceptors (Lipinski definition) is 8. The van der Waals surface area contributed by atoms with Gasteiger partial charge in [-0.25, -0.2) is 5.01 Å². The van der Waals surface area contributed by atoms with E-state index in [1.54, 1.807) is 29.0 Å². The van der Waals surface area contributed by atoms with Gasteiger partial charge in [0.2, 0.25) is 11.8 Å². The number of nitrogens with one attached hydrogen (secondary N) is 2. The zero-order valence-corrected chi connectivity index (χ0v) is 25.7. The number of carbonyl (C=O) groups is 5. The van der Waals surface area contributed by atoms with Crippen LogP contribution in [0.15, 0.2) is 48.5 Å². The van der Waals surface area contributed by atoms with Crippen LogP contribution in [0.2, 0.25) is 0 Å². The van der Waals surface area contributed by atoms with Crippen molar-refractivity contribution in [3.63, 3.8) is 0 Å². The number of rotatable bonds is 9. The first-order chi connectivity index (χ1) is 20.5. The van der Waals surface area contributed by atoms with E-state index in [-0.39, 0.29) is 29.4 Å². The van der Waals surface area contributed by atoms with Gasteiger partial charge < -0.3 is 15.0 Å². The second-order valence-electron chi connectivity index (χ2n) is 11.0. The molecule has 0 spiro atoms. The van der Waals surface area contributed by atoms with Crippen molar-refractivity contribution >= 4 is 52.3 Å². The van der Waals surface area contributed by atoms with E-state index in [0.29, 0.717) is 37.2 Å². The second-order valence-corrected chi connectivity index (χ2v) is 12.2. The molecule has 2 aromatic carbocycles. The number of fused-ring (bicyclic) bond motifs is 1. The van der Waals surface area contributed by atoms with Crippen molar-refractivity contribution in [2.75, 3.05) is 24.7 Å². The molecule has 0 radical (unpaired) electrons. The van der Waals surface area contributed by atoms with Crippen LogP contribution >= 0.6 is 11.8 Å². The number of thioether (sulfide) groups is 1. The number of hydrogen-bond donors (Lipinski definition) is 2. The van der Waals surface area contributed by atoms with Gasteiger partial charge in [-0.1, -0.05) is 54.6 Å². The number of anilines is 1. The standard InChI is InChI=1S/C32H38N4O6S/c1-20-7-9-23(10-8-20)11-14-29(38)33-26-13-12-24-17-28(32(41)42-4)36(18-25(24)16-26)34-30(39)27-6-5-15-35(27)31(40)21(2)19-43-22(3)37/h7-14,16,21,27-28H,5-6,15,17-19H2,1-4H3,(H,33,38)(H,34,39)/t21-,27+,28?/m1/s1. The number of amides is 3. The highest BCUT2D eigenvalue weighted by Gasteiger charge is 2.39. The molecule has 1 unspecified atom stereocenters. The van der Waals surface area contributed by atoms with E-state index in [9.17, 15) is 24.0 Å². The molecule has 228 valence electrons. The topological polar surface area (TPSA) is 125 Å². The van der Waals surface area contributed by atoms with Crippen LogP contribution in [0.5, 0.6) is 0 Å². The maximum absolute atomic E-state index is 13.5. The highest BCUT2D eigenvalue weighted by Crippen LogP contribution is 2.27. The molecule has 0 bridgehead atoms. The van der Waals surface area contributed by atoms with E-state index in [1.807, 2.05) is 43.3 Å². The van der Waals surface area contributed by atoms with Crippen LogP contribution in [0, 0.1) is 12.8 Å². The van der Waals surface area contributed by atoms with Crippen molar-refractivity contribution in [2.45, 2.75) is 58.7 Å². The quantitative estimate of drug-likeness (QED) is 0.329. The van der Waals surface area contributed by atoms with Crippen molar-refractivity contribution in [1.29, 1.82) is 0 Å². The fourth-order valence-corrected chi connectivity index (χ4v) is 5.90. The van der Waals surface area contributed by atoms with Crippen LogP contribution in [0.4, 0.5) is 5.69 Å². The molecule has 0 saturated carbocycles. The minimum atomic E-state index is -0.754. The molecule has 0 aliphatic carbocycles. The normalized spacial score (nSPS) is 19.0. The molecule has 1 fully saturated rings. The van der Waals surface area contributed by atoms with Crippen LogP contribution in [-0.2, 0) is 41.7 Å². The largest absolute Gasteiger partial charge is 0.468 e. The van der Waals surface area contributed by atoms with E-state index in [0.717, 1.165) is 34.0 Å². The number of ether oxygens (including phenoxy) is 1. The second kappa shape index (κ2) is 14.5. The predicted octanol–water partition coefficient (Wildman–Crippen LogP) is 3.48. The first-order valence-electron chi connectivity index (χ1n) is 14.3. The molecule has 2 N–H and O–H groups in total. The van der Waals surface area contributed by atoms with Crippen LogP contribution in [0.3, 0.4) is 0 Å². The summed E-state index contributed by atoms with van der Waals surface area (Å²) in [5, 5.41) is 4.37. The van der Waals surface area contributed by atoms with Gasteiger partial charge in [-0.05, 0) is 54.7 Å². The molecule has 0 aromatic heterocycles. The maximum atomic E-state index is 13.5. The Morgan fingerprint density at radius 1 is 1.07 bits per heavy atom. The highest BCUT2D eigenvalue weighted by atomic mass is 32.2. The van der Waals surface area contributed by atoms with E-state index in [1.165, 1.54) is 20.1 Å². The first-order valence-corrected chi connectivity index (χ1v) is 15.3. The summed E-state index contributed by atoms with van der Waals surface area (Å²) in [6, 6.07) is 11.9. The molecule has 43 heavy (non-hydrogen) atoms. The lowest BCUT2D eigenvalue weighted by atomic mass is 9.94. The Labute approximate surface area is 256 Å². The lowest BCUT2D eigenvalue weighted by molar-refractivity contribution is -0.152. The van der Waals surface area contributed by atoms with Gasteiger partial charge in [-0.3, -0.25) is 29.4 Å². The van der Waals surface area contributed by atoms with Gasteiger partial charge in [-0.2, -0.15) is 0 Å². The number of nitrogens with zero attached hydrogens (tertiary/aromatic N) is 2. The van der Waals surface area contributed by atoms with Gasteiger partial charge in [0.25, 0.3) is 5.91 Å². The number of aryl methyl sites for hydroxylation is 1. The molecular formula is C32H38N4O6S. The third-order valence-corrected chi connectivity index (χ3v) is 8.71. The summed E-state index contributed by atoms with van der Waals surface area (Å²) in [4.78, 5) is 64.8. The third-order valence-electron chi connectivity index (χ3n) is 7.63. The summed E-state index contributed by atoms with van der Waals surface area (Å²) < 4.78 is 5.03. The van der Waals surface area contributed by atoms with E-state index >= 15 is 0 Å². The molecule has 2 aliphatic rings. The Hall–Kier alpha value is -3.96. The van der Waals surface area contributed by atoms with Crippen LogP contribution < -0.4 is 10.7 Å². The van der Waals surface area contributed by atoms with E-state index in [4.69, 9.17) is 4.74 Å². The van der Waals surface area contributed by atoms with E-state index < -0.39 is 24.0 Å².